The second-order valence-corrected chi connectivity index (χ2v) is 5.53. The lowest BCUT2D eigenvalue weighted by atomic mass is 10.2. The lowest BCUT2D eigenvalue weighted by molar-refractivity contribution is -0.121. The first kappa shape index (κ1) is 13.7. The van der Waals surface area contributed by atoms with E-state index < -0.39 is 0 Å². The van der Waals surface area contributed by atoms with E-state index in [9.17, 15) is 4.79 Å². The van der Waals surface area contributed by atoms with Crippen LogP contribution in [-0.4, -0.2) is 21.9 Å². The smallest absolute Gasteiger partial charge is 0.220 e. The molecule has 0 radical (unpaired) electrons. The number of thiazole rings is 1. The minimum atomic E-state index is 0.0793. The first-order valence-corrected chi connectivity index (χ1v) is 7.17. The highest BCUT2D eigenvalue weighted by atomic mass is 32.1. The molecule has 1 amide bonds. The fraction of sp³-hybridized carbons (Fsp3) is 0.357. The molecule has 0 spiro atoms. The second kappa shape index (κ2) is 6.43. The maximum atomic E-state index is 11.6. The summed E-state index contributed by atoms with van der Waals surface area (Å²) in [6.07, 6.45) is 4.69. The third kappa shape index (κ3) is 4.13. The molecule has 0 atom stereocenters. The van der Waals surface area contributed by atoms with E-state index in [1.807, 2.05) is 31.4 Å². The van der Waals surface area contributed by atoms with Gasteiger partial charge in [0, 0.05) is 42.2 Å². The minimum absolute atomic E-state index is 0.0793. The number of pyridine rings is 1. The molecule has 2 aromatic heterocycles. The highest BCUT2D eigenvalue weighted by molar-refractivity contribution is 7.09. The summed E-state index contributed by atoms with van der Waals surface area (Å²) in [5.41, 5.74) is 2.01. The number of nitrogens with zero attached hydrogens (tertiary/aromatic N) is 2. The largest absolute Gasteiger partial charge is 0.354 e. The third-order valence-electron chi connectivity index (χ3n) is 2.54. The van der Waals surface area contributed by atoms with Crippen LogP contribution in [0.2, 0.25) is 0 Å². The summed E-state index contributed by atoms with van der Waals surface area (Å²) < 4.78 is 0. The molecule has 0 unspecified atom stereocenters. The Morgan fingerprint density at radius 2 is 2.11 bits per heavy atom. The van der Waals surface area contributed by atoms with Gasteiger partial charge < -0.3 is 5.32 Å². The molecule has 2 aromatic rings. The zero-order chi connectivity index (χ0) is 13.7. The van der Waals surface area contributed by atoms with Gasteiger partial charge >= 0.3 is 0 Å². The van der Waals surface area contributed by atoms with E-state index in [2.05, 4.69) is 15.3 Å². The highest BCUT2D eigenvalue weighted by Gasteiger charge is 2.08. The van der Waals surface area contributed by atoms with E-state index in [0.717, 1.165) is 16.3 Å². The summed E-state index contributed by atoms with van der Waals surface area (Å²) in [4.78, 5) is 20.1. The normalized spacial score (nSPS) is 10.7. The molecule has 2 heterocycles. The van der Waals surface area contributed by atoms with E-state index in [4.69, 9.17) is 0 Å². The number of carbonyl (C=O) groups is 1. The maximum Gasteiger partial charge on any atom is 0.220 e. The molecular weight excluding hydrogens is 258 g/mol. The standard InChI is InChI=1S/C14H17N3OS/c1-10(2)16-13(18)3-4-14-17-12(9-19-14)11-5-7-15-8-6-11/h5-10H,3-4H2,1-2H3,(H,16,18). The van der Waals surface area contributed by atoms with Gasteiger partial charge in [0.25, 0.3) is 0 Å². The van der Waals surface area contributed by atoms with Crippen molar-refractivity contribution in [2.75, 3.05) is 0 Å². The van der Waals surface area contributed by atoms with Gasteiger partial charge in [-0.1, -0.05) is 0 Å². The predicted molar refractivity (Wildman–Crippen MR) is 76.9 cm³/mol. The Balaban J connectivity index is 1.93. The third-order valence-corrected chi connectivity index (χ3v) is 3.45. The van der Waals surface area contributed by atoms with Crippen LogP contribution in [0.5, 0.6) is 0 Å². The number of nitrogens with one attached hydrogen (secondary N) is 1. The van der Waals surface area contributed by atoms with Gasteiger partial charge in [-0.25, -0.2) is 4.98 Å². The van der Waals surface area contributed by atoms with Crippen LogP contribution in [0.1, 0.15) is 25.3 Å². The zero-order valence-electron chi connectivity index (χ0n) is 11.1. The molecule has 0 aliphatic heterocycles. The summed E-state index contributed by atoms with van der Waals surface area (Å²) in [5, 5.41) is 5.89. The van der Waals surface area contributed by atoms with E-state index in [1.165, 1.54) is 0 Å². The first-order chi connectivity index (χ1) is 9.15. The SMILES string of the molecule is CC(C)NC(=O)CCc1nc(-c2ccncc2)cs1. The Morgan fingerprint density at radius 1 is 1.37 bits per heavy atom. The van der Waals surface area contributed by atoms with Crippen molar-refractivity contribution in [1.82, 2.24) is 15.3 Å². The Bertz CT molecular complexity index is 537. The number of hydrogen-bond donors (Lipinski definition) is 1. The van der Waals surface area contributed by atoms with E-state index in [0.29, 0.717) is 12.8 Å². The Morgan fingerprint density at radius 3 is 2.79 bits per heavy atom. The Labute approximate surface area is 116 Å². The zero-order valence-corrected chi connectivity index (χ0v) is 11.9. The summed E-state index contributed by atoms with van der Waals surface area (Å²) in [7, 11) is 0. The molecule has 0 aromatic carbocycles. The molecule has 4 nitrogen and oxygen atoms in total. The lowest BCUT2D eigenvalue weighted by Crippen LogP contribution is -2.30. The summed E-state index contributed by atoms with van der Waals surface area (Å²) in [6.45, 7) is 3.92. The maximum absolute atomic E-state index is 11.6. The van der Waals surface area contributed by atoms with Crippen molar-refractivity contribution < 1.29 is 4.79 Å². The molecule has 1 N–H and O–H groups in total. The van der Waals surface area contributed by atoms with Crippen LogP contribution >= 0.6 is 11.3 Å². The topological polar surface area (TPSA) is 54.9 Å². The van der Waals surface area contributed by atoms with Crippen LogP contribution in [0.15, 0.2) is 29.9 Å². The molecule has 5 heteroatoms. The fourth-order valence-electron chi connectivity index (χ4n) is 1.70. The number of aromatic nitrogens is 2. The average Bonchev–Trinajstić information content (AvgIpc) is 2.85. The molecule has 0 aliphatic rings. The Kier molecular flexibility index (Phi) is 4.63. The van der Waals surface area contributed by atoms with Crippen molar-refractivity contribution in [2.45, 2.75) is 32.7 Å². The number of amides is 1. The average molecular weight is 275 g/mol. The van der Waals surface area contributed by atoms with E-state index in [-0.39, 0.29) is 11.9 Å². The number of aryl methyl sites for hydroxylation is 1. The molecule has 100 valence electrons. The number of rotatable bonds is 5. The first-order valence-electron chi connectivity index (χ1n) is 6.29. The van der Waals surface area contributed by atoms with Crippen molar-refractivity contribution >= 4 is 17.2 Å². The van der Waals surface area contributed by atoms with Gasteiger partial charge in [-0.05, 0) is 26.0 Å². The van der Waals surface area contributed by atoms with Gasteiger partial charge in [-0.2, -0.15) is 0 Å². The van der Waals surface area contributed by atoms with Gasteiger partial charge in [0.1, 0.15) is 0 Å². The van der Waals surface area contributed by atoms with Gasteiger partial charge in [-0.3, -0.25) is 9.78 Å². The molecule has 19 heavy (non-hydrogen) atoms. The van der Waals surface area contributed by atoms with Gasteiger partial charge in [-0.15, -0.1) is 11.3 Å². The Hall–Kier alpha value is -1.75. The predicted octanol–water partition coefficient (Wildman–Crippen LogP) is 2.66. The molecule has 0 bridgehead atoms. The van der Waals surface area contributed by atoms with Gasteiger partial charge in [0.05, 0.1) is 10.7 Å². The molecule has 0 saturated carbocycles. The quantitative estimate of drug-likeness (QED) is 0.912. The van der Waals surface area contributed by atoms with E-state index in [1.54, 1.807) is 23.7 Å². The molecule has 0 aliphatic carbocycles. The van der Waals surface area contributed by atoms with Gasteiger partial charge in [0.2, 0.25) is 5.91 Å². The minimum Gasteiger partial charge on any atom is -0.354 e. The van der Waals surface area contributed by atoms with Crippen LogP contribution in [0, 0.1) is 0 Å². The molecular formula is C14H17N3OS. The number of carbonyl (C=O) groups excluding carboxylic acids is 1. The van der Waals surface area contributed by atoms with Crippen LogP contribution < -0.4 is 5.32 Å². The monoisotopic (exact) mass is 275 g/mol. The highest BCUT2D eigenvalue weighted by Crippen LogP contribution is 2.21. The van der Waals surface area contributed by atoms with Crippen molar-refractivity contribution in [3.8, 4) is 11.3 Å². The second-order valence-electron chi connectivity index (χ2n) is 4.58. The van der Waals surface area contributed by atoms with Crippen molar-refractivity contribution in [2.24, 2.45) is 0 Å². The fourth-order valence-corrected chi connectivity index (χ4v) is 2.50. The lowest BCUT2D eigenvalue weighted by Gasteiger charge is -2.06. The summed E-state index contributed by atoms with van der Waals surface area (Å²) in [6, 6.07) is 4.06. The summed E-state index contributed by atoms with van der Waals surface area (Å²) in [5.74, 6) is 0.0793. The van der Waals surface area contributed by atoms with Crippen LogP contribution in [-0.2, 0) is 11.2 Å². The van der Waals surface area contributed by atoms with Crippen LogP contribution in [0.4, 0.5) is 0 Å². The molecule has 0 saturated heterocycles. The van der Waals surface area contributed by atoms with Crippen LogP contribution in [0.25, 0.3) is 11.3 Å². The molecule has 0 fully saturated rings. The van der Waals surface area contributed by atoms with Crippen molar-refractivity contribution in [1.29, 1.82) is 0 Å². The van der Waals surface area contributed by atoms with Crippen molar-refractivity contribution in [3.63, 3.8) is 0 Å². The van der Waals surface area contributed by atoms with Gasteiger partial charge in [0.15, 0.2) is 0 Å². The van der Waals surface area contributed by atoms with E-state index >= 15 is 0 Å². The summed E-state index contributed by atoms with van der Waals surface area (Å²) >= 11 is 1.59. The van der Waals surface area contributed by atoms with Crippen LogP contribution in [0.3, 0.4) is 0 Å². The molecule has 2 rings (SSSR count). The number of hydrogen-bond acceptors (Lipinski definition) is 4. The van der Waals surface area contributed by atoms with Crippen molar-refractivity contribution in [3.05, 3.63) is 34.9 Å².